The second kappa shape index (κ2) is 2.93. The minimum atomic E-state index is -1.79. The lowest BCUT2D eigenvalue weighted by Gasteiger charge is -2.42. The maximum absolute atomic E-state index is 9.36. The zero-order valence-electron chi connectivity index (χ0n) is 7.01. The molecule has 0 aromatic heterocycles. The number of aliphatic hydroxyl groups is 4. The van der Waals surface area contributed by atoms with Crippen LogP contribution in [0.4, 0.5) is 0 Å². The molecule has 0 aromatic rings. The van der Waals surface area contributed by atoms with Crippen molar-refractivity contribution in [1.29, 1.82) is 0 Å². The Balaban J connectivity index is 2.78. The van der Waals surface area contributed by atoms with E-state index in [0.29, 0.717) is 0 Å². The van der Waals surface area contributed by atoms with Gasteiger partial charge in [0.05, 0.1) is 6.10 Å². The zero-order valence-corrected chi connectivity index (χ0v) is 7.01. The van der Waals surface area contributed by atoms with Gasteiger partial charge >= 0.3 is 0 Å². The second-order valence-corrected chi connectivity index (χ2v) is 3.30. The lowest BCUT2D eigenvalue weighted by Crippen LogP contribution is -2.62. The van der Waals surface area contributed by atoms with Crippen LogP contribution in [0.25, 0.3) is 0 Å². The number of rotatable bonds is 0. The molecule has 0 amide bonds. The Labute approximate surface area is 70.2 Å². The van der Waals surface area contributed by atoms with Crippen molar-refractivity contribution in [2.75, 3.05) is 0 Å². The van der Waals surface area contributed by atoms with Crippen LogP contribution >= 0.6 is 0 Å². The average molecular weight is 178 g/mol. The van der Waals surface area contributed by atoms with Gasteiger partial charge in [0.2, 0.25) is 0 Å². The van der Waals surface area contributed by atoms with Crippen LogP contribution in [0.5, 0.6) is 0 Å². The van der Waals surface area contributed by atoms with Gasteiger partial charge in [-0.3, -0.25) is 0 Å². The van der Waals surface area contributed by atoms with Gasteiger partial charge in [0.1, 0.15) is 18.3 Å². The number of hydrogen-bond acceptors (Lipinski definition) is 5. The second-order valence-electron chi connectivity index (χ2n) is 3.30. The predicted octanol–water partition coefficient (Wildman–Crippen LogP) is -1.80. The average Bonchev–Trinajstić information content (AvgIpc) is 1.97. The maximum Gasteiger partial charge on any atom is 0.192 e. The van der Waals surface area contributed by atoms with E-state index in [4.69, 9.17) is 4.74 Å². The molecule has 5 nitrogen and oxygen atoms in total. The summed E-state index contributed by atoms with van der Waals surface area (Å²) in [6.07, 6.45) is -4.72. The number of aliphatic hydroxyl groups excluding tert-OH is 3. The summed E-state index contributed by atoms with van der Waals surface area (Å²) in [6.45, 7) is 2.75. The third kappa shape index (κ3) is 1.46. The Morgan fingerprint density at radius 3 is 2.17 bits per heavy atom. The quantitative estimate of drug-likeness (QED) is 0.351. The zero-order chi connectivity index (χ0) is 9.52. The summed E-state index contributed by atoms with van der Waals surface area (Å²) in [5.74, 6) is -1.79. The summed E-state index contributed by atoms with van der Waals surface area (Å²) in [7, 11) is 0. The van der Waals surface area contributed by atoms with Crippen LogP contribution in [0, 0.1) is 0 Å². The summed E-state index contributed by atoms with van der Waals surface area (Å²) in [5.41, 5.74) is 0. The van der Waals surface area contributed by atoms with Gasteiger partial charge in [-0.05, 0) is 13.8 Å². The minimum Gasteiger partial charge on any atom is -0.388 e. The Bertz CT molecular complexity index is 169. The van der Waals surface area contributed by atoms with Crippen molar-refractivity contribution in [3.8, 4) is 0 Å². The molecule has 1 rings (SSSR count). The maximum atomic E-state index is 9.36. The molecule has 0 spiro atoms. The molecule has 0 bridgehead atoms. The molecule has 5 heteroatoms. The van der Waals surface area contributed by atoms with E-state index < -0.39 is 30.2 Å². The van der Waals surface area contributed by atoms with Crippen LogP contribution in [0.3, 0.4) is 0 Å². The first kappa shape index (κ1) is 9.88. The first-order valence-electron chi connectivity index (χ1n) is 3.80. The van der Waals surface area contributed by atoms with E-state index >= 15 is 0 Å². The van der Waals surface area contributed by atoms with Gasteiger partial charge in [-0.25, -0.2) is 0 Å². The Hall–Kier alpha value is -0.200. The summed E-state index contributed by atoms with van der Waals surface area (Å²) >= 11 is 0. The molecule has 1 aliphatic rings. The van der Waals surface area contributed by atoms with Crippen LogP contribution in [-0.2, 0) is 4.74 Å². The molecule has 0 aliphatic carbocycles. The Kier molecular flexibility index (Phi) is 2.42. The van der Waals surface area contributed by atoms with Crippen molar-refractivity contribution < 1.29 is 25.2 Å². The van der Waals surface area contributed by atoms with Crippen molar-refractivity contribution in [3.63, 3.8) is 0 Å². The summed E-state index contributed by atoms with van der Waals surface area (Å²) in [4.78, 5) is 0. The molecular formula is C7H14O5. The topological polar surface area (TPSA) is 90.2 Å². The number of ether oxygens (including phenoxy) is 1. The molecule has 72 valence electrons. The fourth-order valence-corrected chi connectivity index (χ4v) is 1.30. The van der Waals surface area contributed by atoms with Gasteiger partial charge in [0, 0.05) is 0 Å². The van der Waals surface area contributed by atoms with Gasteiger partial charge in [-0.2, -0.15) is 0 Å². The Morgan fingerprint density at radius 1 is 1.17 bits per heavy atom. The third-order valence-electron chi connectivity index (χ3n) is 2.13. The molecule has 0 unspecified atom stereocenters. The lowest BCUT2D eigenvalue weighted by atomic mass is 9.94. The molecule has 0 radical (unpaired) electrons. The summed E-state index contributed by atoms with van der Waals surface area (Å²) in [6, 6.07) is 0. The fraction of sp³-hybridized carbons (Fsp3) is 1.00. The van der Waals surface area contributed by atoms with Gasteiger partial charge in [0.15, 0.2) is 5.79 Å². The van der Waals surface area contributed by atoms with E-state index in [9.17, 15) is 20.4 Å². The van der Waals surface area contributed by atoms with Crippen LogP contribution < -0.4 is 0 Å². The van der Waals surface area contributed by atoms with Crippen molar-refractivity contribution in [2.45, 2.75) is 44.1 Å². The first-order chi connectivity index (χ1) is 5.36. The third-order valence-corrected chi connectivity index (χ3v) is 2.13. The van der Waals surface area contributed by atoms with Gasteiger partial charge < -0.3 is 25.2 Å². The predicted molar refractivity (Wildman–Crippen MR) is 39.2 cm³/mol. The summed E-state index contributed by atoms with van der Waals surface area (Å²) < 4.78 is 4.86. The molecule has 12 heavy (non-hydrogen) atoms. The highest BCUT2D eigenvalue weighted by Crippen LogP contribution is 2.27. The van der Waals surface area contributed by atoms with Gasteiger partial charge in [-0.1, -0.05) is 0 Å². The largest absolute Gasteiger partial charge is 0.388 e. The minimum absolute atomic E-state index is 0.696. The molecule has 1 aliphatic heterocycles. The van der Waals surface area contributed by atoms with Gasteiger partial charge in [-0.15, -0.1) is 0 Å². The highest BCUT2D eigenvalue weighted by atomic mass is 16.7. The smallest absolute Gasteiger partial charge is 0.192 e. The molecule has 4 N–H and O–H groups in total. The SMILES string of the molecule is C[C@H]1O[C@](C)(O)[C@H](O)[C@@H](O)[C@H]1O. The molecule has 0 saturated carbocycles. The molecule has 1 saturated heterocycles. The lowest BCUT2D eigenvalue weighted by molar-refractivity contribution is -0.334. The van der Waals surface area contributed by atoms with E-state index in [1.807, 2.05) is 0 Å². The summed E-state index contributed by atoms with van der Waals surface area (Å²) in [5, 5.41) is 37.0. The van der Waals surface area contributed by atoms with Crippen LogP contribution in [0.15, 0.2) is 0 Å². The highest BCUT2D eigenvalue weighted by Gasteiger charge is 2.48. The van der Waals surface area contributed by atoms with Crippen molar-refractivity contribution >= 4 is 0 Å². The fourth-order valence-electron chi connectivity index (χ4n) is 1.30. The highest BCUT2D eigenvalue weighted by molar-refractivity contribution is 4.92. The monoisotopic (exact) mass is 178 g/mol. The van der Waals surface area contributed by atoms with Crippen molar-refractivity contribution in [1.82, 2.24) is 0 Å². The standard InChI is InChI=1S/C7H14O5/c1-3-4(8)5(9)6(10)7(2,11)12-3/h3-6,8-11H,1-2H3/t3-,4+,5+,6-,7+/m1/s1. The van der Waals surface area contributed by atoms with E-state index in [0.717, 1.165) is 0 Å². The van der Waals surface area contributed by atoms with E-state index in [-0.39, 0.29) is 0 Å². The van der Waals surface area contributed by atoms with Crippen LogP contribution in [0.1, 0.15) is 13.8 Å². The van der Waals surface area contributed by atoms with E-state index in [1.165, 1.54) is 13.8 Å². The number of hydrogen-bond donors (Lipinski definition) is 4. The van der Waals surface area contributed by atoms with Crippen molar-refractivity contribution in [2.24, 2.45) is 0 Å². The van der Waals surface area contributed by atoms with E-state index in [2.05, 4.69) is 0 Å². The molecule has 1 heterocycles. The first-order valence-corrected chi connectivity index (χ1v) is 3.80. The van der Waals surface area contributed by atoms with E-state index in [1.54, 1.807) is 0 Å². The molecular weight excluding hydrogens is 164 g/mol. The Morgan fingerprint density at radius 2 is 1.67 bits per heavy atom. The van der Waals surface area contributed by atoms with Crippen molar-refractivity contribution in [3.05, 3.63) is 0 Å². The van der Waals surface area contributed by atoms with Crippen LogP contribution in [0.2, 0.25) is 0 Å². The molecule has 5 atom stereocenters. The molecule has 0 aromatic carbocycles. The van der Waals surface area contributed by atoms with Gasteiger partial charge in [0.25, 0.3) is 0 Å². The normalized spacial score (nSPS) is 55.5. The van der Waals surface area contributed by atoms with Crippen LogP contribution in [-0.4, -0.2) is 50.6 Å². The molecule has 1 fully saturated rings.